The van der Waals surface area contributed by atoms with Crippen LogP contribution in [0.3, 0.4) is 0 Å². The molecule has 1 aliphatic carbocycles. The number of hydrogen-bond acceptors (Lipinski definition) is 2. The lowest BCUT2D eigenvalue weighted by Gasteiger charge is -2.16. The molecule has 3 aliphatic rings. The van der Waals surface area contributed by atoms with E-state index in [0.717, 1.165) is 17.9 Å². The van der Waals surface area contributed by atoms with Crippen molar-refractivity contribution in [2.45, 2.75) is 107 Å². The van der Waals surface area contributed by atoms with Crippen molar-refractivity contribution in [2.24, 2.45) is 11.8 Å². The molecule has 2 saturated heterocycles. The van der Waals surface area contributed by atoms with Crippen molar-refractivity contribution in [2.75, 3.05) is 27.2 Å². The summed E-state index contributed by atoms with van der Waals surface area (Å²) < 4.78 is 13.1. The highest BCUT2D eigenvalue weighted by Crippen LogP contribution is 2.48. The first kappa shape index (κ1) is 29.6. The molecule has 0 bridgehead atoms. The van der Waals surface area contributed by atoms with E-state index in [1.807, 2.05) is 62.4 Å². The fourth-order valence-electron chi connectivity index (χ4n) is 3.45. The molecule has 0 aromatic heterocycles. The third kappa shape index (κ3) is 11.2. The van der Waals surface area contributed by atoms with E-state index in [0.29, 0.717) is 19.0 Å². The topological polar surface area (TPSA) is 6.48 Å². The summed E-state index contributed by atoms with van der Waals surface area (Å²) in [6.07, 6.45) is 2.20. The summed E-state index contributed by atoms with van der Waals surface area (Å²) in [7, 11) is 4.20. The maximum absolute atomic E-state index is 13.1. The molecule has 156 valence electrons. The summed E-state index contributed by atoms with van der Waals surface area (Å²) in [6.45, 7) is 24.0. The van der Waals surface area contributed by atoms with Crippen molar-refractivity contribution >= 4 is 0 Å². The van der Waals surface area contributed by atoms with Crippen LogP contribution in [0.2, 0.25) is 0 Å². The van der Waals surface area contributed by atoms with Gasteiger partial charge in [0, 0.05) is 25.2 Å². The molecule has 2 heterocycles. The van der Waals surface area contributed by atoms with Crippen molar-refractivity contribution in [1.82, 2.24) is 9.80 Å². The summed E-state index contributed by atoms with van der Waals surface area (Å²) in [5.41, 5.74) is -0.936. The largest absolute Gasteiger partial charge is 0.303 e. The minimum absolute atomic E-state index is 0.417. The van der Waals surface area contributed by atoms with Gasteiger partial charge in [-0.2, -0.15) is 0 Å². The summed E-state index contributed by atoms with van der Waals surface area (Å²) >= 11 is 0. The lowest BCUT2D eigenvalue weighted by molar-refractivity contribution is 0.198. The maximum Gasteiger partial charge on any atom is 0.122 e. The van der Waals surface area contributed by atoms with Gasteiger partial charge in [0.2, 0.25) is 0 Å². The van der Waals surface area contributed by atoms with E-state index in [4.69, 9.17) is 0 Å². The van der Waals surface area contributed by atoms with Gasteiger partial charge in [0.05, 0.1) is 0 Å². The number of piperidine rings is 1. The number of nitrogens with zero attached hydrogens (tertiary/aromatic N) is 2. The van der Waals surface area contributed by atoms with Gasteiger partial charge < -0.3 is 9.80 Å². The van der Waals surface area contributed by atoms with Gasteiger partial charge in [0.25, 0.3) is 0 Å². The van der Waals surface area contributed by atoms with Crippen molar-refractivity contribution in [1.29, 1.82) is 0 Å². The molecule has 5 unspecified atom stereocenters. The average Bonchev–Trinajstić information content (AvgIpc) is 3.27. The molecule has 0 radical (unpaired) electrons. The molecule has 2 nitrogen and oxygen atoms in total. The maximum atomic E-state index is 13.1. The zero-order chi connectivity index (χ0) is 20.8. The summed E-state index contributed by atoms with van der Waals surface area (Å²) in [5.74, 6) is 2.18. The molecule has 0 N–H and O–H groups in total. The first-order valence-electron chi connectivity index (χ1n) is 10.9. The minimum atomic E-state index is -0.936. The van der Waals surface area contributed by atoms with E-state index in [1.165, 1.54) is 13.0 Å². The highest BCUT2D eigenvalue weighted by molar-refractivity contribution is 5.01. The third-order valence-electron chi connectivity index (χ3n) is 4.87. The van der Waals surface area contributed by atoms with Crippen LogP contribution in [-0.4, -0.2) is 54.7 Å². The van der Waals surface area contributed by atoms with Crippen LogP contribution in [0, 0.1) is 11.8 Å². The van der Waals surface area contributed by atoms with E-state index in [2.05, 4.69) is 30.7 Å². The fourth-order valence-corrected chi connectivity index (χ4v) is 3.45. The fraction of sp³-hybridized carbons (Fsp3) is 1.00. The third-order valence-corrected chi connectivity index (χ3v) is 4.87. The van der Waals surface area contributed by atoms with Crippen molar-refractivity contribution < 1.29 is 4.39 Å². The first-order chi connectivity index (χ1) is 11.8. The lowest BCUT2D eigenvalue weighted by atomic mass is 10.1. The Kier molecular flexibility index (Phi) is 19.0. The highest BCUT2D eigenvalue weighted by atomic mass is 19.1. The van der Waals surface area contributed by atoms with Crippen molar-refractivity contribution in [3.05, 3.63) is 0 Å². The van der Waals surface area contributed by atoms with Gasteiger partial charge in [-0.1, -0.05) is 55.4 Å². The van der Waals surface area contributed by atoms with Gasteiger partial charge >= 0.3 is 0 Å². The Morgan fingerprint density at radius 3 is 1.40 bits per heavy atom. The van der Waals surface area contributed by atoms with Gasteiger partial charge in [-0.25, -0.2) is 4.39 Å². The van der Waals surface area contributed by atoms with Crippen LogP contribution in [0.1, 0.15) is 89.0 Å². The number of likely N-dealkylation sites (tertiary alicyclic amines) is 2. The number of rotatable bonds is 0. The second kappa shape index (κ2) is 16.1. The van der Waals surface area contributed by atoms with Crippen LogP contribution in [0.4, 0.5) is 4.39 Å². The van der Waals surface area contributed by atoms with E-state index in [9.17, 15) is 4.39 Å². The molecule has 0 aromatic carbocycles. The normalized spacial score (nSPS) is 34.8. The van der Waals surface area contributed by atoms with E-state index in [1.54, 1.807) is 6.92 Å². The molecule has 0 amide bonds. The monoisotopic (exact) mass is 362 g/mol. The van der Waals surface area contributed by atoms with Crippen molar-refractivity contribution in [3.63, 3.8) is 0 Å². The smallest absolute Gasteiger partial charge is 0.122 e. The average molecular weight is 363 g/mol. The summed E-state index contributed by atoms with van der Waals surface area (Å²) in [6, 6.07) is 1.31. The van der Waals surface area contributed by atoms with E-state index in [-0.39, 0.29) is 0 Å². The summed E-state index contributed by atoms with van der Waals surface area (Å²) in [5, 5.41) is 0. The van der Waals surface area contributed by atoms with Gasteiger partial charge in [-0.05, 0) is 59.5 Å². The number of alkyl halides is 1. The van der Waals surface area contributed by atoms with E-state index < -0.39 is 5.67 Å². The predicted octanol–water partition coefficient (Wildman–Crippen LogP) is 6.50. The number of hydrogen-bond donors (Lipinski definition) is 0. The van der Waals surface area contributed by atoms with Gasteiger partial charge in [0.15, 0.2) is 0 Å². The van der Waals surface area contributed by atoms with Crippen LogP contribution in [-0.2, 0) is 0 Å². The van der Waals surface area contributed by atoms with Gasteiger partial charge in [-0.3, -0.25) is 0 Å². The Bertz CT molecular complexity index is 267. The SMILES string of the molecule is CC.CC.CC.CC.CC1C2CC2CN1C.CC1CC(C)(F)CN1C. The minimum Gasteiger partial charge on any atom is -0.303 e. The van der Waals surface area contributed by atoms with Crippen LogP contribution in [0.5, 0.6) is 0 Å². The standard InChI is InChI=1S/C7H14FN.C7H13N.4C2H6/c1-6-4-7(2,8)5-9(6)3;1-5-7-3-6(7)4-8(5)2;4*1-2/h6H,4-5H2,1-3H3;5-7H,3-4H2,1-2H3;4*1-2H3. The molecule has 3 heteroatoms. The van der Waals surface area contributed by atoms with Crippen LogP contribution in [0.25, 0.3) is 0 Å². The second-order valence-corrected chi connectivity index (χ2v) is 6.72. The predicted molar refractivity (Wildman–Crippen MR) is 115 cm³/mol. The summed E-state index contributed by atoms with van der Waals surface area (Å²) in [4.78, 5) is 4.53. The molecular formula is C22H51FN2. The molecule has 25 heavy (non-hydrogen) atoms. The lowest BCUT2D eigenvalue weighted by Crippen LogP contribution is -2.25. The van der Waals surface area contributed by atoms with Gasteiger partial charge in [-0.15, -0.1) is 0 Å². The first-order valence-corrected chi connectivity index (χ1v) is 10.9. The zero-order valence-corrected chi connectivity index (χ0v) is 19.9. The Labute approximate surface area is 160 Å². The van der Waals surface area contributed by atoms with Gasteiger partial charge in [0.1, 0.15) is 5.67 Å². The van der Waals surface area contributed by atoms with Crippen LogP contribution < -0.4 is 0 Å². The van der Waals surface area contributed by atoms with Crippen LogP contribution >= 0.6 is 0 Å². The number of halogens is 1. The molecule has 3 rings (SSSR count). The van der Waals surface area contributed by atoms with E-state index >= 15 is 0 Å². The molecule has 0 aromatic rings. The second-order valence-electron chi connectivity index (χ2n) is 6.72. The molecule has 0 spiro atoms. The Balaban J connectivity index is -0.000000278. The molecule has 3 fully saturated rings. The Hall–Kier alpha value is -0.150. The molecule has 1 saturated carbocycles. The molecule has 5 atom stereocenters. The highest BCUT2D eigenvalue weighted by Gasteiger charge is 2.48. The Morgan fingerprint density at radius 1 is 0.840 bits per heavy atom. The van der Waals surface area contributed by atoms with Crippen molar-refractivity contribution in [3.8, 4) is 0 Å². The number of fused-ring (bicyclic) bond motifs is 1. The zero-order valence-electron chi connectivity index (χ0n) is 19.9. The molecule has 2 aliphatic heterocycles. The Morgan fingerprint density at radius 2 is 1.28 bits per heavy atom. The quantitative estimate of drug-likeness (QED) is 0.485. The molecular weight excluding hydrogens is 311 g/mol. The van der Waals surface area contributed by atoms with Crippen LogP contribution in [0.15, 0.2) is 0 Å².